The largest absolute Gasteiger partial charge is 0.352 e. The first-order valence-electron chi connectivity index (χ1n) is 9.44. The molecule has 2 amide bonds. The summed E-state index contributed by atoms with van der Waals surface area (Å²) in [4.78, 5) is 24.0. The third-order valence-corrected chi connectivity index (χ3v) is 4.96. The van der Waals surface area contributed by atoms with Crippen LogP contribution in [0.25, 0.3) is 0 Å². The summed E-state index contributed by atoms with van der Waals surface area (Å²) in [7, 11) is 0. The van der Waals surface area contributed by atoms with Crippen LogP contribution in [0.5, 0.6) is 0 Å². The molecule has 0 aliphatic carbocycles. The van der Waals surface area contributed by atoms with Crippen LogP contribution in [-0.2, 0) is 22.6 Å². The van der Waals surface area contributed by atoms with Crippen LogP contribution in [0.4, 0.5) is 4.39 Å². The Morgan fingerprint density at radius 3 is 2.71 bits per heavy atom. The van der Waals surface area contributed by atoms with Crippen LogP contribution >= 0.6 is 0 Å². The van der Waals surface area contributed by atoms with Gasteiger partial charge in [0.05, 0.1) is 5.69 Å². The summed E-state index contributed by atoms with van der Waals surface area (Å²) in [6, 6.07) is 6.13. The van der Waals surface area contributed by atoms with E-state index >= 15 is 0 Å². The fraction of sp³-hybridized carbons (Fsp3) is 0.450. The van der Waals surface area contributed by atoms with Crippen LogP contribution in [0.1, 0.15) is 48.6 Å². The van der Waals surface area contributed by atoms with E-state index in [1.54, 1.807) is 16.8 Å². The Kier molecular flexibility index (Phi) is 6.08. The molecule has 2 unspecified atom stereocenters. The molecule has 1 aromatic heterocycles. The van der Waals surface area contributed by atoms with Gasteiger partial charge in [0.25, 0.3) is 0 Å². The third-order valence-electron chi connectivity index (χ3n) is 4.96. The smallest absolute Gasteiger partial charge is 0.224 e. The molecule has 1 saturated heterocycles. The molecule has 1 aliphatic heterocycles. The molecule has 2 aromatic rings. The lowest BCUT2D eigenvalue weighted by Crippen LogP contribution is -2.52. The predicted octanol–water partition coefficient (Wildman–Crippen LogP) is 1.84. The van der Waals surface area contributed by atoms with E-state index < -0.39 is 0 Å². The van der Waals surface area contributed by atoms with E-state index in [9.17, 15) is 14.0 Å². The highest BCUT2D eigenvalue weighted by Crippen LogP contribution is 2.19. The van der Waals surface area contributed by atoms with Crippen molar-refractivity contribution in [1.29, 1.82) is 0 Å². The van der Waals surface area contributed by atoms with Gasteiger partial charge >= 0.3 is 0 Å². The molecule has 1 fully saturated rings. The van der Waals surface area contributed by atoms with Crippen LogP contribution in [-0.4, -0.2) is 27.6 Å². The Hall–Kier alpha value is -2.74. The molecule has 0 radical (unpaired) electrons. The van der Waals surface area contributed by atoms with Crippen LogP contribution in [0.15, 0.2) is 24.3 Å². The Labute approximate surface area is 163 Å². The SMILES string of the molecule is Cc1nn(C2NC(=O)CC(C)N2)c(C)c1CCC(=O)NCc1ccc(F)cc1. The number of amides is 2. The number of nitrogens with zero attached hydrogens (tertiary/aromatic N) is 2. The van der Waals surface area contributed by atoms with Crippen LogP contribution in [0.3, 0.4) is 0 Å². The van der Waals surface area contributed by atoms with E-state index in [2.05, 4.69) is 21.0 Å². The van der Waals surface area contributed by atoms with Gasteiger partial charge in [0, 0.05) is 31.1 Å². The van der Waals surface area contributed by atoms with E-state index in [0.29, 0.717) is 25.8 Å². The molecule has 2 heterocycles. The first-order valence-corrected chi connectivity index (χ1v) is 9.44. The maximum absolute atomic E-state index is 12.9. The normalized spacial score (nSPS) is 19.4. The van der Waals surface area contributed by atoms with Gasteiger partial charge in [0.15, 0.2) is 6.29 Å². The number of halogens is 1. The second-order valence-electron chi connectivity index (χ2n) is 7.24. The van der Waals surface area contributed by atoms with Crippen LogP contribution < -0.4 is 16.0 Å². The first-order chi connectivity index (χ1) is 13.3. The fourth-order valence-electron chi connectivity index (χ4n) is 3.43. The van der Waals surface area contributed by atoms with Crippen molar-refractivity contribution in [3.63, 3.8) is 0 Å². The highest BCUT2D eigenvalue weighted by molar-refractivity contribution is 5.77. The minimum atomic E-state index is -0.379. The van der Waals surface area contributed by atoms with Crippen molar-refractivity contribution in [2.45, 2.75) is 58.9 Å². The number of rotatable bonds is 6. The summed E-state index contributed by atoms with van der Waals surface area (Å²) in [5.41, 5.74) is 3.63. The highest BCUT2D eigenvalue weighted by Gasteiger charge is 2.26. The molecule has 150 valence electrons. The summed E-state index contributed by atoms with van der Waals surface area (Å²) in [5, 5.41) is 13.6. The molecular weight excluding hydrogens is 361 g/mol. The minimum absolute atomic E-state index is 0.00877. The topological polar surface area (TPSA) is 88.1 Å². The van der Waals surface area contributed by atoms with Gasteiger partial charge in [-0.2, -0.15) is 5.10 Å². The Morgan fingerprint density at radius 1 is 1.32 bits per heavy atom. The standard InChI is InChI=1S/C20H26FN5O2/c1-12-10-19(28)24-20(23-12)26-14(3)17(13(2)25-26)8-9-18(27)22-11-15-4-6-16(21)7-5-15/h4-7,12,20,23H,8-11H2,1-3H3,(H,22,27)(H,24,28). The van der Waals surface area contributed by atoms with Gasteiger partial charge < -0.3 is 10.6 Å². The molecule has 7 nitrogen and oxygen atoms in total. The first kappa shape index (κ1) is 20.0. The minimum Gasteiger partial charge on any atom is -0.352 e. The maximum Gasteiger partial charge on any atom is 0.224 e. The highest BCUT2D eigenvalue weighted by atomic mass is 19.1. The zero-order valence-corrected chi connectivity index (χ0v) is 16.4. The molecule has 0 bridgehead atoms. The second-order valence-corrected chi connectivity index (χ2v) is 7.24. The molecule has 3 N–H and O–H groups in total. The van der Waals surface area contributed by atoms with Gasteiger partial charge in [-0.25, -0.2) is 9.07 Å². The lowest BCUT2D eigenvalue weighted by atomic mass is 10.1. The second kappa shape index (κ2) is 8.52. The van der Waals surface area contributed by atoms with Crippen molar-refractivity contribution in [3.8, 4) is 0 Å². The third kappa shape index (κ3) is 4.75. The number of aromatic nitrogens is 2. The van der Waals surface area contributed by atoms with Crippen LogP contribution in [0, 0.1) is 19.7 Å². The quantitative estimate of drug-likeness (QED) is 0.706. The van der Waals surface area contributed by atoms with E-state index in [-0.39, 0.29) is 30.0 Å². The van der Waals surface area contributed by atoms with Gasteiger partial charge in [-0.3, -0.25) is 14.9 Å². The van der Waals surface area contributed by atoms with Crippen molar-refractivity contribution >= 4 is 11.8 Å². The Bertz CT molecular complexity index is 862. The van der Waals surface area contributed by atoms with E-state index in [1.165, 1.54) is 12.1 Å². The molecule has 2 atom stereocenters. The average molecular weight is 387 g/mol. The van der Waals surface area contributed by atoms with Gasteiger partial charge in [0.2, 0.25) is 11.8 Å². The van der Waals surface area contributed by atoms with Crippen molar-refractivity contribution in [2.75, 3.05) is 0 Å². The number of carbonyl (C=O) groups is 2. The zero-order valence-electron chi connectivity index (χ0n) is 16.4. The molecule has 28 heavy (non-hydrogen) atoms. The van der Waals surface area contributed by atoms with E-state index in [1.807, 2.05) is 20.8 Å². The fourth-order valence-corrected chi connectivity index (χ4v) is 3.43. The van der Waals surface area contributed by atoms with E-state index in [4.69, 9.17) is 0 Å². The molecule has 0 spiro atoms. The monoisotopic (exact) mass is 387 g/mol. The van der Waals surface area contributed by atoms with Gasteiger partial charge in [-0.15, -0.1) is 0 Å². The zero-order chi connectivity index (χ0) is 20.3. The molecular formula is C20H26FN5O2. The van der Waals surface area contributed by atoms with Crippen molar-refractivity contribution in [1.82, 2.24) is 25.7 Å². The van der Waals surface area contributed by atoms with Gasteiger partial charge in [-0.05, 0) is 50.5 Å². The van der Waals surface area contributed by atoms with Crippen molar-refractivity contribution < 1.29 is 14.0 Å². The molecule has 0 saturated carbocycles. The van der Waals surface area contributed by atoms with Crippen molar-refractivity contribution in [3.05, 3.63) is 52.6 Å². The van der Waals surface area contributed by atoms with Gasteiger partial charge in [0.1, 0.15) is 5.82 Å². The maximum atomic E-state index is 12.9. The number of hydrogen-bond donors (Lipinski definition) is 3. The Balaban J connectivity index is 1.58. The molecule has 1 aliphatic rings. The molecule has 1 aromatic carbocycles. The summed E-state index contributed by atoms with van der Waals surface area (Å²) in [6.45, 7) is 6.18. The van der Waals surface area contributed by atoms with Crippen LogP contribution in [0.2, 0.25) is 0 Å². The van der Waals surface area contributed by atoms with Gasteiger partial charge in [-0.1, -0.05) is 12.1 Å². The summed E-state index contributed by atoms with van der Waals surface area (Å²) >= 11 is 0. The summed E-state index contributed by atoms with van der Waals surface area (Å²) in [5.74, 6) is -0.379. The number of benzene rings is 1. The van der Waals surface area contributed by atoms with E-state index in [0.717, 1.165) is 22.5 Å². The number of carbonyl (C=O) groups excluding carboxylic acids is 2. The predicted molar refractivity (Wildman–Crippen MR) is 103 cm³/mol. The summed E-state index contributed by atoms with van der Waals surface area (Å²) in [6.07, 6.45) is 0.950. The lowest BCUT2D eigenvalue weighted by Gasteiger charge is -2.30. The molecule has 3 rings (SSSR count). The number of nitrogens with one attached hydrogen (secondary N) is 3. The summed E-state index contributed by atoms with van der Waals surface area (Å²) < 4.78 is 14.7. The number of aryl methyl sites for hydroxylation is 1. The van der Waals surface area contributed by atoms with Crippen molar-refractivity contribution in [2.24, 2.45) is 0 Å². The Morgan fingerprint density at radius 2 is 2.04 bits per heavy atom. The lowest BCUT2D eigenvalue weighted by molar-refractivity contribution is -0.125. The number of hydrogen-bond acceptors (Lipinski definition) is 4. The molecule has 8 heteroatoms. The average Bonchev–Trinajstić information content (AvgIpc) is 2.92.